The highest BCUT2D eigenvalue weighted by molar-refractivity contribution is 7.09. The van der Waals surface area contributed by atoms with E-state index in [1.165, 1.54) is 10.4 Å². The Bertz CT molecular complexity index is 520. The van der Waals surface area contributed by atoms with E-state index in [0.29, 0.717) is 0 Å². The first kappa shape index (κ1) is 14.6. The van der Waals surface area contributed by atoms with E-state index in [4.69, 9.17) is 4.99 Å². The van der Waals surface area contributed by atoms with Crippen LogP contribution in [0.2, 0.25) is 0 Å². The molecule has 0 radical (unpaired) electrons. The van der Waals surface area contributed by atoms with Crippen LogP contribution in [0.3, 0.4) is 0 Å². The van der Waals surface area contributed by atoms with Crippen molar-refractivity contribution >= 4 is 17.3 Å². The second kappa shape index (κ2) is 7.70. The van der Waals surface area contributed by atoms with E-state index < -0.39 is 0 Å². The molecule has 0 bridgehead atoms. The van der Waals surface area contributed by atoms with Crippen LogP contribution in [0.4, 0.5) is 0 Å². The van der Waals surface area contributed by atoms with Crippen molar-refractivity contribution in [1.29, 1.82) is 0 Å². The molecule has 2 aromatic rings. The number of hydrogen-bond acceptors (Lipinski definition) is 2. The molecule has 0 amide bonds. The van der Waals surface area contributed by atoms with E-state index in [0.717, 1.165) is 25.6 Å². The predicted molar refractivity (Wildman–Crippen MR) is 87.0 cm³/mol. The first-order chi connectivity index (χ1) is 9.79. The third-order valence-electron chi connectivity index (χ3n) is 2.92. The Kier molecular flexibility index (Phi) is 5.62. The van der Waals surface area contributed by atoms with Crippen molar-refractivity contribution in [3.8, 4) is 0 Å². The summed E-state index contributed by atoms with van der Waals surface area (Å²) < 4.78 is 0. The van der Waals surface area contributed by atoms with Gasteiger partial charge in [0, 0.05) is 25.0 Å². The number of guanidine groups is 1. The normalized spacial score (nSPS) is 11.4. The number of aliphatic imine (C=N–C) groups is 1. The largest absolute Gasteiger partial charge is 0.357 e. The van der Waals surface area contributed by atoms with Crippen molar-refractivity contribution in [2.75, 3.05) is 13.6 Å². The SMILES string of the molecule is CCNC(=NCc1cccs1)N(C)Cc1ccccc1. The minimum Gasteiger partial charge on any atom is -0.357 e. The zero-order valence-corrected chi connectivity index (χ0v) is 12.9. The van der Waals surface area contributed by atoms with Gasteiger partial charge in [0.2, 0.25) is 0 Å². The molecule has 1 aromatic heterocycles. The number of benzene rings is 1. The zero-order chi connectivity index (χ0) is 14.2. The first-order valence-electron chi connectivity index (χ1n) is 6.85. The van der Waals surface area contributed by atoms with Gasteiger partial charge in [0.15, 0.2) is 5.96 Å². The summed E-state index contributed by atoms with van der Waals surface area (Å²) in [5.41, 5.74) is 1.29. The van der Waals surface area contributed by atoms with Gasteiger partial charge in [0.25, 0.3) is 0 Å². The molecule has 0 fully saturated rings. The maximum atomic E-state index is 4.69. The van der Waals surface area contributed by atoms with Gasteiger partial charge >= 0.3 is 0 Å². The van der Waals surface area contributed by atoms with Gasteiger partial charge < -0.3 is 10.2 Å². The van der Waals surface area contributed by atoms with Crippen LogP contribution in [0.1, 0.15) is 17.4 Å². The van der Waals surface area contributed by atoms with Gasteiger partial charge in [-0.2, -0.15) is 0 Å². The Morgan fingerprint density at radius 2 is 2.00 bits per heavy atom. The Hall–Kier alpha value is -1.81. The molecule has 1 heterocycles. The van der Waals surface area contributed by atoms with Crippen molar-refractivity contribution in [1.82, 2.24) is 10.2 Å². The quantitative estimate of drug-likeness (QED) is 0.674. The molecule has 1 N–H and O–H groups in total. The van der Waals surface area contributed by atoms with E-state index in [2.05, 4.69) is 66.0 Å². The fourth-order valence-corrected chi connectivity index (χ4v) is 2.59. The lowest BCUT2D eigenvalue weighted by molar-refractivity contribution is 0.477. The third kappa shape index (κ3) is 4.38. The predicted octanol–water partition coefficient (Wildman–Crippen LogP) is 3.35. The lowest BCUT2D eigenvalue weighted by atomic mass is 10.2. The lowest BCUT2D eigenvalue weighted by Gasteiger charge is -2.22. The van der Waals surface area contributed by atoms with Crippen LogP contribution in [0.15, 0.2) is 52.8 Å². The monoisotopic (exact) mass is 287 g/mol. The smallest absolute Gasteiger partial charge is 0.194 e. The molecule has 0 aliphatic heterocycles. The Balaban J connectivity index is 2.01. The fourth-order valence-electron chi connectivity index (χ4n) is 1.96. The highest BCUT2D eigenvalue weighted by Gasteiger charge is 2.06. The summed E-state index contributed by atoms with van der Waals surface area (Å²) in [6.45, 7) is 4.57. The fraction of sp³-hybridized carbons (Fsp3) is 0.312. The van der Waals surface area contributed by atoms with E-state index in [-0.39, 0.29) is 0 Å². The number of hydrogen-bond donors (Lipinski definition) is 1. The average molecular weight is 287 g/mol. The molecule has 2 rings (SSSR count). The number of nitrogens with one attached hydrogen (secondary N) is 1. The highest BCUT2D eigenvalue weighted by Crippen LogP contribution is 2.10. The van der Waals surface area contributed by atoms with Crippen molar-refractivity contribution < 1.29 is 0 Å². The van der Waals surface area contributed by atoms with E-state index >= 15 is 0 Å². The van der Waals surface area contributed by atoms with E-state index in [1.54, 1.807) is 11.3 Å². The molecule has 3 nitrogen and oxygen atoms in total. The number of nitrogens with zero attached hydrogens (tertiary/aromatic N) is 2. The lowest BCUT2D eigenvalue weighted by Crippen LogP contribution is -2.38. The summed E-state index contributed by atoms with van der Waals surface area (Å²) in [5, 5.41) is 5.43. The maximum Gasteiger partial charge on any atom is 0.194 e. The van der Waals surface area contributed by atoms with Gasteiger partial charge in [-0.1, -0.05) is 36.4 Å². The highest BCUT2D eigenvalue weighted by atomic mass is 32.1. The minimum atomic E-state index is 0.735. The third-order valence-corrected chi connectivity index (χ3v) is 3.78. The Morgan fingerprint density at radius 1 is 1.20 bits per heavy atom. The Labute approximate surface area is 125 Å². The van der Waals surface area contributed by atoms with Crippen LogP contribution in [0, 0.1) is 0 Å². The standard InChI is InChI=1S/C16H21N3S/c1-3-17-16(18-12-15-10-7-11-20-15)19(2)13-14-8-5-4-6-9-14/h4-11H,3,12-13H2,1-2H3,(H,17,18). The van der Waals surface area contributed by atoms with Crippen molar-refractivity contribution in [2.24, 2.45) is 4.99 Å². The van der Waals surface area contributed by atoms with Gasteiger partial charge in [-0.3, -0.25) is 0 Å². The maximum absolute atomic E-state index is 4.69. The van der Waals surface area contributed by atoms with Gasteiger partial charge in [0.05, 0.1) is 6.54 Å². The van der Waals surface area contributed by atoms with Gasteiger partial charge in [0.1, 0.15) is 0 Å². The van der Waals surface area contributed by atoms with Crippen molar-refractivity contribution in [2.45, 2.75) is 20.0 Å². The summed E-state index contributed by atoms with van der Waals surface area (Å²) in [6.07, 6.45) is 0. The topological polar surface area (TPSA) is 27.6 Å². The van der Waals surface area contributed by atoms with Crippen LogP contribution in [-0.2, 0) is 13.1 Å². The van der Waals surface area contributed by atoms with Gasteiger partial charge in [-0.25, -0.2) is 4.99 Å². The van der Waals surface area contributed by atoms with E-state index in [1.807, 2.05) is 6.07 Å². The number of thiophene rings is 1. The molecule has 0 spiro atoms. The van der Waals surface area contributed by atoms with Crippen molar-refractivity contribution in [3.63, 3.8) is 0 Å². The molecular formula is C16H21N3S. The molecule has 0 aliphatic rings. The van der Waals surface area contributed by atoms with Gasteiger partial charge in [-0.05, 0) is 23.9 Å². The Morgan fingerprint density at radius 3 is 2.65 bits per heavy atom. The molecule has 0 unspecified atom stereocenters. The molecule has 0 aliphatic carbocycles. The summed E-state index contributed by atoms with van der Waals surface area (Å²) in [5.74, 6) is 0.949. The van der Waals surface area contributed by atoms with E-state index in [9.17, 15) is 0 Å². The zero-order valence-electron chi connectivity index (χ0n) is 12.0. The molecule has 20 heavy (non-hydrogen) atoms. The summed E-state index contributed by atoms with van der Waals surface area (Å²) in [7, 11) is 2.07. The molecular weight excluding hydrogens is 266 g/mol. The van der Waals surface area contributed by atoms with Crippen LogP contribution in [-0.4, -0.2) is 24.5 Å². The van der Waals surface area contributed by atoms with Gasteiger partial charge in [-0.15, -0.1) is 11.3 Å². The average Bonchev–Trinajstić information content (AvgIpc) is 2.97. The van der Waals surface area contributed by atoms with Crippen LogP contribution in [0.25, 0.3) is 0 Å². The summed E-state index contributed by atoms with van der Waals surface area (Å²) in [6, 6.07) is 14.6. The number of rotatable bonds is 5. The second-order valence-electron chi connectivity index (χ2n) is 4.59. The van der Waals surface area contributed by atoms with Crippen molar-refractivity contribution in [3.05, 3.63) is 58.3 Å². The van der Waals surface area contributed by atoms with Crippen LogP contribution >= 0.6 is 11.3 Å². The molecule has 4 heteroatoms. The second-order valence-corrected chi connectivity index (χ2v) is 5.62. The summed E-state index contributed by atoms with van der Waals surface area (Å²) >= 11 is 1.75. The summed E-state index contributed by atoms with van der Waals surface area (Å²) in [4.78, 5) is 8.14. The molecule has 1 aromatic carbocycles. The first-order valence-corrected chi connectivity index (χ1v) is 7.73. The van der Waals surface area contributed by atoms with Crippen LogP contribution < -0.4 is 5.32 Å². The van der Waals surface area contributed by atoms with Crippen LogP contribution in [0.5, 0.6) is 0 Å². The molecule has 106 valence electrons. The minimum absolute atomic E-state index is 0.735. The molecule has 0 saturated carbocycles. The molecule has 0 atom stereocenters. The molecule has 0 saturated heterocycles.